The average molecular weight is 513 g/mol. The fourth-order valence-electron chi connectivity index (χ4n) is 4.77. The zero-order valence-electron chi connectivity index (χ0n) is 19.2. The molecular formula is C23H27F3N4O4S. The molecule has 2 aromatic rings. The van der Waals surface area contributed by atoms with Crippen molar-refractivity contribution in [3.05, 3.63) is 48.2 Å². The predicted molar refractivity (Wildman–Crippen MR) is 122 cm³/mol. The number of carbonyl (C=O) groups is 1. The van der Waals surface area contributed by atoms with Gasteiger partial charge in [0.05, 0.1) is 5.56 Å². The van der Waals surface area contributed by atoms with Crippen molar-refractivity contribution >= 4 is 21.7 Å². The Hall–Kier alpha value is -2.86. The van der Waals surface area contributed by atoms with Gasteiger partial charge in [0.2, 0.25) is 10.0 Å². The third kappa shape index (κ3) is 5.53. The van der Waals surface area contributed by atoms with Gasteiger partial charge in [-0.3, -0.25) is 4.79 Å². The number of nitrogens with zero attached hydrogens (tertiary/aromatic N) is 2. The van der Waals surface area contributed by atoms with Crippen LogP contribution in [0.3, 0.4) is 0 Å². The number of benzene rings is 1. The molecule has 8 nitrogen and oxygen atoms in total. The molecule has 3 N–H and O–H groups in total. The number of nitrogens with two attached hydrogens (primary N) is 1. The fraction of sp³-hybridized carbons (Fsp3) is 0.478. The molecule has 35 heavy (non-hydrogen) atoms. The van der Waals surface area contributed by atoms with Gasteiger partial charge < -0.3 is 15.0 Å². The van der Waals surface area contributed by atoms with E-state index in [2.05, 4.69) is 15.2 Å². The number of anilines is 1. The lowest BCUT2D eigenvalue weighted by molar-refractivity contribution is -0.138. The summed E-state index contributed by atoms with van der Waals surface area (Å²) in [6.45, 7) is 3.14. The number of hydrogen-bond acceptors (Lipinski definition) is 6. The van der Waals surface area contributed by atoms with Crippen LogP contribution in [0.4, 0.5) is 19.0 Å². The minimum atomic E-state index is -4.45. The van der Waals surface area contributed by atoms with E-state index in [0.717, 1.165) is 25.0 Å². The van der Waals surface area contributed by atoms with Crippen LogP contribution in [0.25, 0.3) is 0 Å². The summed E-state index contributed by atoms with van der Waals surface area (Å²) in [6, 6.07) is 7.47. The first-order chi connectivity index (χ1) is 16.2. The zero-order chi connectivity index (χ0) is 25.6. The molecule has 3 heterocycles. The van der Waals surface area contributed by atoms with Crippen molar-refractivity contribution in [3.63, 3.8) is 0 Å². The van der Waals surface area contributed by atoms with Gasteiger partial charge in [-0.2, -0.15) is 13.2 Å². The maximum absolute atomic E-state index is 13.0. The molecular weight excluding hydrogens is 485 g/mol. The lowest BCUT2D eigenvalue weighted by Crippen LogP contribution is -2.55. The van der Waals surface area contributed by atoms with Crippen LogP contribution in [0.2, 0.25) is 0 Å². The number of pyridine rings is 1. The number of rotatable bonds is 6. The molecule has 12 heteroatoms. The second-order valence-corrected chi connectivity index (χ2v) is 11.0. The van der Waals surface area contributed by atoms with E-state index in [9.17, 15) is 26.4 Å². The Morgan fingerprint density at radius 2 is 1.69 bits per heavy atom. The Morgan fingerprint density at radius 3 is 2.17 bits per heavy atom. The summed E-state index contributed by atoms with van der Waals surface area (Å²) in [4.78, 5) is 19.4. The fourth-order valence-corrected chi connectivity index (χ4v) is 5.23. The second-order valence-electron chi connectivity index (χ2n) is 9.47. The number of carbonyl (C=O) groups excluding carboxylic acids is 1. The number of aromatic nitrogens is 1. The molecule has 2 bridgehead atoms. The van der Waals surface area contributed by atoms with E-state index in [1.807, 2.05) is 0 Å². The third-order valence-electron chi connectivity index (χ3n) is 6.48. The standard InChI is InChI=1S/C23H27F3N4O4S/c1-22(2,34-18-7-3-14(4-8-18)23(24,25)26)21(31)29-15-11-16-5-6-17(12-15)30(16)20-10-9-19(13-28-20)35(27,32)33/h3-4,7-10,13,15-17H,5-6,11-12H2,1-2H3,(H,29,31)(H2,27,32,33). The van der Waals surface area contributed by atoms with Gasteiger partial charge in [-0.1, -0.05) is 0 Å². The number of piperidine rings is 1. The van der Waals surface area contributed by atoms with Gasteiger partial charge in [-0.15, -0.1) is 0 Å². The molecule has 2 fully saturated rings. The summed E-state index contributed by atoms with van der Waals surface area (Å²) in [5.74, 6) is 0.480. The quantitative estimate of drug-likeness (QED) is 0.614. The Bertz CT molecular complexity index is 1170. The van der Waals surface area contributed by atoms with Crippen molar-refractivity contribution in [2.45, 2.75) is 74.3 Å². The van der Waals surface area contributed by atoms with E-state index in [-0.39, 0.29) is 34.7 Å². The first-order valence-corrected chi connectivity index (χ1v) is 12.7. The summed E-state index contributed by atoms with van der Waals surface area (Å²) in [5, 5.41) is 8.18. The maximum atomic E-state index is 13.0. The zero-order valence-corrected chi connectivity index (χ0v) is 20.1. The minimum Gasteiger partial charge on any atom is -0.478 e. The largest absolute Gasteiger partial charge is 0.478 e. The number of fused-ring (bicyclic) bond motifs is 2. The van der Waals surface area contributed by atoms with E-state index in [4.69, 9.17) is 9.88 Å². The number of amides is 1. The highest BCUT2D eigenvalue weighted by atomic mass is 32.2. The number of nitrogens with one attached hydrogen (secondary N) is 1. The van der Waals surface area contributed by atoms with E-state index in [1.165, 1.54) is 24.4 Å². The van der Waals surface area contributed by atoms with Crippen molar-refractivity contribution < 1.29 is 31.1 Å². The second kappa shape index (κ2) is 8.98. The highest BCUT2D eigenvalue weighted by Gasteiger charge is 2.43. The van der Waals surface area contributed by atoms with E-state index in [0.29, 0.717) is 18.7 Å². The topological polar surface area (TPSA) is 115 Å². The van der Waals surface area contributed by atoms with Crippen molar-refractivity contribution in [2.75, 3.05) is 4.90 Å². The van der Waals surface area contributed by atoms with Crippen LogP contribution in [0.5, 0.6) is 5.75 Å². The normalized spacial score (nSPS) is 22.7. The van der Waals surface area contributed by atoms with Crippen LogP contribution in [-0.4, -0.2) is 43.0 Å². The number of alkyl halides is 3. The van der Waals surface area contributed by atoms with Gasteiger partial charge >= 0.3 is 6.18 Å². The van der Waals surface area contributed by atoms with Crippen LogP contribution < -0.4 is 20.1 Å². The highest BCUT2D eigenvalue weighted by molar-refractivity contribution is 7.89. The molecule has 190 valence electrons. The maximum Gasteiger partial charge on any atom is 0.416 e. The van der Waals surface area contributed by atoms with Crippen LogP contribution in [0, 0.1) is 0 Å². The van der Waals surface area contributed by atoms with Crippen LogP contribution >= 0.6 is 0 Å². The predicted octanol–water partition coefficient (Wildman–Crippen LogP) is 3.22. The number of ether oxygens (including phenoxy) is 1. The summed E-state index contributed by atoms with van der Waals surface area (Å²) >= 11 is 0. The summed E-state index contributed by atoms with van der Waals surface area (Å²) in [6.07, 6.45) is -0.00492. The number of sulfonamides is 1. The Balaban J connectivity index is 1.38. The highest BCUT2D eigenvalue weighted by Crippen LogP contribution is 2.39. The van der Waals surface area contributed by atoms with Gasteiger partial charge in [-0.05, 0) is 75.9 Å². The average Bonchev–Trinajstić information content (AvgIpc) is 3.03. The molecule has 2 aliphatic rings. The molecule has 2 atom stereocenters. The lowest BCUT2D eigenvalue weighted by Gasteiger charge is -2.40. The SMILES string of the molecule is CC(C)(Oc1ccc(C(F)(F)F)cc1)C(=O)NC1CC2CCC(C1)N2c1ccc(S(N)(=O)=O)cn1. The van der Waals surface area contributed by atoms with Gasteiger partial charge in [-0.25, -0.2) is 18.5 Å². The molecule has 4 rings (SSSR count). The monoisotopic (exact) mass is 512 g/mol. The number of primary sulfonamides is 1. The minimum absolute atomic E-state index is 0.0500. The first-order valence-electron chi connectivity index (χ1n) is 11.2. The number of halogens is 3. The molecule has 0 aliphatic carbocycles. The first kappa shape index (κ1) is 25.2. The molecule has 0 radical (unpaired) electrons. The Labute approximate surface area is 201 Å². The van der Waals surface area contributed by atoms with Gasteiger partial charge in [0.1, 0.15) is 16.5 Å². The van der Waals surface area contributed by atoms with Crippen molar-refractivity contribution in [2.24, 2.45) is 5.14 Å². The van der Waals surface area contributed by atoms with Crippen LogP contribution in [-0.2, 0) is 21.0 Å². The summed E-state index contributed by atoms with van der Waals surface area (Å²) < 4.78 is 67.0. The number of hydrogen-bond donors (Lipinski definition) is 2. The molecule has 1 aromatic carbocycles. The van der Waals surface area contributed by atoms with Crippen molar-refractivity contribution in [1.82, 2.24) is 10.3 Å². The molecule has 2 saturated heterocycles. The van der Waals surface area contributed by atoms with E-state index >= 15 is 0 Å². The lowest BCUT2D eigenvalue weighted by atomic mass is 9.96. The van der Waals surface area contributed by atoms with Crippen LogP contribution in [0.15, 0.2) is 47.5 Å². The Kier molecular flexibility index (Phi) is 6.47. The third-order valence-corrected chi connectivity index (χ3v) is 7.38. The van der Waals surface area contributed by atoms with Crippen molar-refractivity contribution in [3.8, 4) is 5.75 Å². The van der Waals surface area contributed by atoms with Gasteiger partial charge in [0, 0.05) is 24.3 Å². The molecule has 1 amide bonds. The van der Waals surface area contributed by atoms with Crippen LogP contribution in [0.1, 0.15) is 45.1 Å². The summed E-state index contributed by atoms with van der Waals surface area (Å²) in [5.41, 5.74) is -2.08. The Morgan fingerprint density at radius 1 is 1.09 bits per heavy atom. The molecule has 0 spiro atoms. The van der Waals surface area contributed by atoms with Gasteiger partial charge in [0.15, 0.2) is 5.60 Å². The smallest absolute Gasteiger partial charge is 0.416 e. The van der Waals surface area contributed by atoms with Gasteiger partial charge in [0.25, 0.3) is 5.91 Å². The van der Waals surface area contributed by atoms with E-state index in [1.54, 1.807) is 19.9 Å². The molecule has 0 saturated carbocycles. The summed E-state index contributed by atoms with van der Waals surface area (Å²) in [7, 11) is -3.82. The molecule has 2 aliphatic heterocycles. The van der Waals surface area contributed by atoms with Crippen molar-refractivity contribution in [1.29, 1.82) is 0 Å². The molecule has 2 unspecified atom stereocenters. The molecule has 1 aromatic heterocycles. The van der Waals surface area contributed by atoms with E-state index < -0.39 is 27.4 Å².